The zero-order chi connectivity index (χ0) is 33.0. The van der Waals surface area contributed by atoms with Crippen LogP contribution in [-0.4, -0.2) is 62.5 Å². The van der Waals surface area contributed by atoms with Gasteiger partial charge in [0.05, 0.1) is 24.1 Å². The van der Waals surface area contributed by atoms with Crippen molar-refractivity contribution in [1.29, 1.82) is 0 Å². The summed E-state index contributed by atoms with van der Waals surface area (Å²) in [5.74, 6) is 5.34. The lowest BCUT2D eigenvalue weighted by molar-refractivity contribution is -0.126. The van der Waals surface area contributed by atoms with Crippen molar-refractivity contribution in [2.24, 2.45) is 29.6 Å². The summed E-state index contributed by atoms with van der Waals surface area (Å²) in [6.45, 7) is 7.65. The van der Waals surface area contributed by atoms with Crippen LogP contribution in [0.15, 0.2) is 55.5 Å². The molecule has 1 aliphatic heterocycles. The van der Waals surface area contributed by atoms with Gasteiger partial charge < -0.3 is 20.9 Å². The van der Waals surface area contributed by atoms with E-state index in [0.717, 1.165) is 85.9 Å². The SMILES string of the molecule is C=CC(=O)Cc1cccc(CNc2nc(Nc3cnn(C4CCN(CCNC(=O)CC5C6CC7CC(C6)CC5C7)CC4)c3)ncc2Cl)c1. The van der Waals surface area contributed by atoms with E-state index in [1.165, 1.54) is 38.2 Å². The van der Waals surface area contributed by atoms with E-state index >= 15 is 0 Å². The van der Waals surface area contributed by atoms with Gasteiger partial charge in [-0.05, 0) is 91.7 Å². The second kappa shape index (κ2) is 14.8. The molecule has 10 nitrogen and oxygen atoms in total. The molecule has 5 fully saturated rings. The number of nitrogens with zero attached hydrogens (tertiary/aromatic N) is 5. The molecule has 3 aromatic rings. The van der Waals surface area contributed by atoms with Crippen molar-refractivity contribution in [2.45, 2.75) is 70.4 Å². The predicted molar refractivity (Wildman–Crippen MR) is 188 cm³/mol. The number of ketones is 1. The highest BCUT2D eigenvalue weighted by Gasteiger charge is 2.48. The molecule has 4 saturated carbocycles. The maximum atomic E-state index is 12.8. The fraction of sp³-hybridized carbons (Fsp3) is 0.541. The number of carbonyl (C=O) groups is 2. The van der Waals surface area contributed by atoms with Crippen LogP contribution in [0.3, 0.4) is 0 Å². The highest BCUT2D eigenvalue weighted by molar-refractivity contribution is 6.32. The molecule has 4 bridgehead atoms. The summed E-state index contributed by atoms with van der Waals surface area (Å²) in [5, 5.41) is 14.8. The fourth-order valence-corrected chi connectivity index (χ4v) is 9.17. The fourth-order valence-electron chi connectivity index (χ4n) is 9.01. The molecule has 0 radical (unpaired) electrons. The van der Waals surface area contributed by atoms with E-state index in [4.69, 9.17) is 11.6 Å². The Bertz CT molecular complexity index is 1590. The van der Waals surface area contributed by atoms with Crippen molar-refractivity contribution in [3.05, 3.63) is 71.7 Å². The summed E-state index contributed by atoms with van der Waals surface area (Å²) in [4.78, 5) is 36.0. The third-order valence-corrected chi connectivity index (χ3v) is 11.5. The monoisotopic (exact) mass is 670 g/mol. The number of halogens is 1. The molecule has 3 N–H and O–H groups in total. The van der Waals surface area contributed by atoms with E-state index in [9.17, 15) is 9.59 Å². The smallest absolute Gasteiger partial charge is 0.229 e. The molecule has 3 heterocycles. The molecular formula is C37H47ClN8O2. The molecule has 11 heteroatoms. The minimum absolute atomic E-state index is 0.0118. The summed E-state index contributed by atoms with van der Waals surface area (Å²) >= 11 is 6.40. The first-order chi connectivity index (χ1) is 23.4. The first kappa shape index (κ1) is 32.8. The standard InChI is InChI=1S/C37H47ClN8O2/c1-2-32(47)18-24-4-3-5-25(12-24)20-40-36-34(38)22-41-37(44-36)43-30-21-42-46(23-30)31-6-9-45(10-7-31)11-8-39-35(48)19-33-28-14-26-13-27(16-28)17-29(33)15-26/h2-5,12,21-23,26-29,31,33H,1,6-11,13-20H2,(H,39,48)(H2,40,41,43,44). The van der Waals surface area contributed by atoms with Gasteiger partial charge in [-0.25, -0.2) is 4.98 Å². The van der Waals surface area contributed by atoms with Crippen LogP contribution in [-0.2, 0) is 22.6 Å². The van der Waals surface area contributed by atoms with E-state index < -0.39 is 0 Å². The molecule has 4 aliphatic carbocycles. The van der Waals surface area contributed by atoms with E-state index in [-0.39, 0.29) is 11.7 Å². The number of amides is 1. The Morgan fingerprint density at radius 1 is 1.02 bits per heavy atom. The number of likely N-dealkylation sites (tertiary alicyclic amines) is 1. The summed E-state index contributed by atoms with van der Waals surface area (Å²) in [6.07, 6.45) is 16.8. The highest BCUT2D eigenvalue weighted by atomic mass is 35.5. The zero-order valence-corrected chi connectivity index (χ0v) is 28.4. The van der Waals surface area contributed by atoms with Crippen molar-refractivity contribution in [1.82, 2.24) is 30.0 Å². The van der Waals surface area contributed by atoms with Crippen molar-refractivity contribution in [3.63, 3.8) is 0 Å². The lowest BCUT2D eigenvalue weighted by atomic mass is 9.51. The van der Waals surface area contributed by atoms with Gasteiger partial charge in [-0.15, -0.1) is 0 Å². The van der Waals surface area contributed by atoms with E-state index in [0.29, 0.717) is 41.7 Å². The third kappa shape index (κ3) is 7.92. The molecule has 48 heavy (non-hydrogen) atoms. The Hall–Kier alpha value is -3.76. The average molecular weight is 671 g/mol. The number of carbonyl (C=O) groups excluding carboxylic acids is 2. The molecule has 0 unspecified atom stereocenters. The highest BCUT2D eigenvalue weighted by Crippen LogP contribution is 2.57. The average Bonchev–Trinajstić information content (AvgIpc) is 3.55. The lowest BCUT2D eigenvalue weighted by Crippen LogP contribution is -2.47. The summed E-state index contributed by atoms with van der Waals surface area (Å²) < 4.78 is 2.03. The summed E-state index contributed by atoms with van der Waals surface area (Å²) in [7, 11) is 0. The van der Waals surface area contributed by atoms with Gasteiger partial charge in [0, 0.05) is 51.8 Å². The maximum absolute atomic E-state index is 12.8. The maximum Gasteiger partial charge on any atom is 0.229 e. The number of rotatable bonds is 14. The Balaban J connectivity index is 0.838. The van der Waals surface area contributed by atoms with Gasteiger partial charge in [-0.2, -0.15) is 10.1 Å². The van der Waals surface area contributed by atoms with Gasteiger partial charge in [-0.3, -0.25) is 14.3 Å². The molecule has 1 aromatic carbocycles. The van der Waals surface area contributed by atoms with Gasteiger partial charge >= 0.3 is 0 Å². The van der Waals surface area contributed by atoms with Gasteiger partial charge in [0.1, 0.15) is 5.02 Å². The van der Waals surface area contributed by atoms with Crippen LogP contribution in [0.1, 0.15) is 68.5 Å². The molecule has 0 atom stereocenters. The van der Waals surface area contributed by atoms with E-state index in [1.54, 1.807) is 12.4 Å². The second-order valence-electron chi connectivity index (χ2n) is 14.5. The van der Waals surface area contributed by atoms with Gasteiger partial charge in [0.25, 0.3) is 0 Å². The van der Waals surface area contributed by atoms with Crippen molar-refractivity contribution < 1.29 is 9.59 Å². The van der Waals surface area contributed by atoms with Crippen LogP contribution in [0.5, 0.6) is 0 Å². The first-order valence-corrected chi connectivity index (χ1v) is 18.1. The Morgan fingerprint density at radius 3 is 2.52 bits per heavy atom. The molecule has 0 spiro atoms. The van der Waals surface area contributed by atoms with Crippen molar-refractivity contribution in [2.75, 3.05) is 36.8 Å². The van der Waals surface area contributed by atoms with E-state index in [2.05, 4.69) is 42.5 Å². The first-order valence-electron chi connectivity index (χ1n) is 17.7. The number of hydrogen-bond donors (Lipinski definition) is 3. The third-order valence-electron chi connectivity index (χ3n) is 11.2. The van der Waals surface area contributed by atoms with Crippen LogP contribution in [0, 0.1) is 29.6 Å². The van der Waals surface area contributed by atoms with Gasteiger partial charge in [0.15, 0.2) is 11.6 Å². The largest absolute Gasteiger partial charge is 0.365 e. The number of hydrogen-bond acceptors (Lipinski definition) is 8. The van der Waals surface area contributed by atoms with Crippen LogP contribution in [0.4, 0.5) is 17.5 Å². The van der Waals surface area contributed by atoms with Crippen LogP contribution in [0.2, 0.25) is 5.02 Å². The van der Waals surface area contributed by atoms with Crippen LogP contribution < -0.4 is 16.0 Å². The van der Waals surface area contributed by atoms with Crippen molar-refractivity contribution >= 4 is 40.7 Å². The van der Waals surface area contributed by atoms with Crippen LogP contribution >= 0.6 is 11.6 Å². The Labute approximate surface area is 288 Å². The molecule has 5 aliphatic rings. The molecule has 8 rings (SSSR count). The number of allylic oxidation sites excluding steroid dienone is 1. The van der Waals surface area contributed by atoms with E-state index in [1.807, 2.05) is 35.1 Å². The number of piperidine rings is 1. The summed E-state index contributed by atoms with van der Waals surface area (Å²) in [6, 6.07) is 8.16. The van der Waals surface area contributed by atoms with Gasteiger partial charge in [-0.1, -0.05) is 42.4 Å². The molecule has 2 aromatic heterocycles. The predicted octanol–water partition coefficient (Wildman–Crippen LogP) is 6.20. The molecule has 1 amide bonds. The molecule has 254 valence electrons. The lowest BCUT2D eigenvalue weighted by Gasteiger charge is -2.54. The number of anilines is 3. The van der Waals surface area contributed by atoms with Crippen LogP contribution in [0.25, 0.3) is 0 Å². The minimum atomic E-state index is -0.0118. The summed E-state index contributed by atoms with van der Waals surface area (Å²) in [5.41, 5.74) is 2.76. The second-order valence-corrected chi connectivity index (χ2v) is 14.9. The van der Waals surface area contributed by atoms with Gasteiger partial charge in [0.2, 0.25) is 11.9 Å². The zero-order valence-electron chi connectivity index (χ0n) is 27.6. The Kier molecular flexibility index (Phi) is 10.1. The topological polar surface area (TPSA) is 117 Å². The molecular weight excluding hydrogens is 624 g/mol. The number of nitrogens with one attached hydrogen (secondary N) is 3. The normalized spacial score (nSPS) is 25.1. The van der Waals surface area contributed by atoms with Crippen molar-refractivity contribution in [3.8, 4) is 0 Å². The molecule has 1 saturated heterocycles. The minimum Gasteiger partial charge on any atom is -0.365 e. The Morgan fingerprint density at radius 2 is 1.77 bits per heavy atom. The quantitative estimate of drug-likeness (QED) is 0.174. The number of benzene rings is 1. The number of aromatic nitrogens is 4.